The van der Waals surface area contributed by atoms with Gasteiger partial charge in [0.2, 0.25) is 0 Å². The van der Waals surface area contributed by atoms with Crippen molar-refractivity contribution >= 4 is 98.5 Å². The van der Waals surface area contributed by atoms with Crippen LogP contribution in [0.5, 0.6) is 0 Å². The van der Waals surface area contributed by atoms with Crippen molar-refractivity contribution in [1.29, 1.82) is 0 Å². The van der Waals surface area contributed by atoms with Crippen LogP contribution in [0.15, 0.2) is 420 Å². The van der Waals surface area contributed by atoms with Gasteiger partial charge in [-0.15, -0.1) is 0 Å². The van der Waals surface area contributed by atoms with E-state index in [9.17, 15) is 0 Å². The summed E-state index contributed by atoms with van der Waals surface area (Å²) in [6.45, 7) is 0. The molecule has 13 aromatic carbocycles. The Morgan fingerprint density at radius 1 is 0.190 bits per heavy atom. The molecule has 0 atom stereocenters. The number of para-hydroxylation sites is 6. The van der Waals surface area contributed by atoms with Crippen molar-refractivity contribution in [1.82, 2.24) is 92.2 Å². The fraction of sp³-hybridized carbons (Fsp3) is 0. The number of nitrogens with zero attached hydrogens (tertiary/aromatic N) is 19. The third-order valence-electron chi connectivity index (χ3n) is 23.2. The van der Waals surface area contributed by atoms with E-state index in [4.69, 9.17) is 24.9 Å². The smallest absolute Gasteiger partial charge is 0.163 e. The van der Waals surface area contributed by atoms with E-state index in [1.165, 1.54) is 30.7 Å². The Morgan fingerprint density at radius 2 is 0.571 bits per heavy atom. The van der Waals surface area contributed by atoms with Gasteiger partial charge >= 0.3 is 0 Å². The van der Waals surface area contributed by atoms with Crippen molar-refractivity contribution in [3.8, 4) is 114 Å². The largest absolute Gasteiger partial charge is 0.309 e. The van der Waals surface area contributed by atoms with Gasteiger partial charge in [-0.05, 0) is 169 Å². The number of fused-ring (bicyclic) bond motifs is 15. The summed E-state index contributed by atoms with van der Waals surface area (Å²) in [5, 5.41) is 6.85. The summed E-state index contributed by atoms with van der Waals surface area (Å²) in [5.41, 5.74) is 26.0. The van der Waals surface area contributed by atoms with Gasteiger partial charge in [-0.1, -0.05) is 206 Å². The summed E-state index contributed by atoms with van der Waals surface area (Å²) in [4.78, 5) is 59.9. The van der Waals surface area contributed by atoms with E-state index in [1.54, 1.807) is 0 Å². The van der Waals surface area contributed by atoms with E-state index in [0.29, 0.717) is 11.6 Å². The average Bonchev–Trinajstić information content (AvgIpc) is 1.57. The molecular weight excluding hydrogens is 1550 g/mol. The highest BCUT2D eigenvalue weighted by molar-refractivity contribution is 6.23. The van der Waals surface area contributed by atoms with Gasteiger partial charge in [0.05, 0.1) is 71.9 Å². The summed E-state index contributed by atoms with van der Waals surface area (Å²) in [7, 11) is 0. The van der Waals surface area contributed by atoms with Gasteiger partial charge in [-0.25, -0.2) is 54.8 Å². The van der Waals surface area contributed by atoms with Gasteiger partial charge in [0, 0.05) is 119 Å². The van der Waals surface area contributed by atoms with Crippen LogP contribution in [0.1, 0.15) is 0 Å². The van der Waals surface area contributed by atoms with Gasteiger partial charge in [-0.3, -0.25) is 23.7 Å². The van der Waals surface area contributed by atoms with Crippen molar-refractivity contribution in [2.75, 3.05) is 0 Å². The average molecular weight is 1620 g/mol. The zero-order valence-electron chi connectivity index (χ0n) is 67.3. The van der Waals surface area contributed by atoms with E-state index < -0.39 is 0 Å². The first-order valence-corrected chi connectivity index (χ1v) is 41.4. The second-order valence-electron chi connectivity index (χ2n) is 30.4. The number of pyridine rings is 4. The maximum Gasteiger partial charge on any atom is 0.163 e. The molecule has 126 heavy (non-hydrogen) atoms. The molecule has 0 fully saturated rings. The predicted octanol–water partition coefficient (Wildman–Crippen LogP) is 24.0. The van der Waals surface area contributed by atoms with E-state index >= 15 is 0 Å². The molecule has 0 saturated heterocycles. The van der Waals surface area contributed by atoms with E-state index in [2.05, 4.69) is 322 Å². The van der Waals surface area contributed by atoms with Crippen LogP contribution in [0.2, 0.25) is 0 Å². The van der Waals surface area contributed by atoms with E-state index in [0.717, 1.165) is 195 Å². The number of imidazole rings is 3. The molecule has 0 radical (unpaired) electrons. The molecule has 0 unspecified atom stereocenters. The first kappa shape index (κ1) is 73.4. The first-order valence-electron chi connectivity index (χ1n) is 41.4. The fourth-order valence-electron chi connectivity index (χ4n) is 17.7. The highest BCUT2D eigenvalue weighted by Gasteiger charge is 2.28. The summed E-state index contributed by atoms with van der Waals surface area (Å²) < 4.78 is 13.5. The van der Waals surface area contributed by atoms with Crippen molar-refractivity contribution in [2.24, 2.45) is 0 Å². The zero-order chi connectivity index (χ0) is 83.4. The normalized spacial score (nSPS) is 11.5. The zero-order valence-corrected chi connectivity index (χ0v) is 67.3. The predicted molar refractivity (Wildman–Crippen MR) is 502 cm³/mol. The molecule has 592 valence electrons. The first-order chi connectivity index (χ1) is 62.6. The van der Waals surface area contributed by atoms with Gasteiger partial charge in [0.15, 0.2) is 11.6 Å². The maximum atomic E-state index is 5.45. The molecule has 0 spiro atoms. The molecule has 0 amide bonds. The molecule has 0 bridgehead atoms. The van der Waals surface area contributed by atoms with Crippen LogP contribution in [-0.2, 0) is 0 Å². The van der Waals surface area contributed by atoms with Gasteiger partial charge < -0.3 is 13.7 Å². The monoisotopic (exact) mass is 1620 g/mol. The Balaban J connectivity index is 0.000000109. The fourth-order valence-corrected chi connectivity index (χ4v) is 17.7. The lowest BCUT2D eigenvalue weighted by atomic mass is 10.0. The SMILES string of the molecule is c1ccc(-n2c3ccccc3c3c4nc(-c5ccc(-c6ccncc6)cc5)n(-c5ccc(-c6ccccn6)cc5)c4ccc32)cc1.c1ccc(-n2c3ccccc3c3c4nc(-c5cccc(-c6ncncn6)c5)n(-c5ccccn5)c4ccc32)cc1.c1ccc(-n2c3ccccc3c3c4nc(-c5ccccc5-c5ncncn5)n(-c5ccccn5)c4ccc32)cc1. The van der Waals surface area contributed by atoms with E-state index in [-0.39, 0.29) is 0 Å². The Hall–Kier alpha value is -17.7. The van der Waals surface area contributed by atoms with Crippen LogP contribution in [0.3, 0.4) is 0 Å². The molecule has 12 heterocycles. The number of hydrogen-bond acceptors (Lipinski definition) is 13. The molecule has 25 rings (SSSR count). The van der Waals surface area contributed by atoms with Crippen molar-refractivity contribution in [2.45, 2.75) is 0 Å². The summed E-state index contributed by atoms with van der Waals surface area (Å²) in [5.74, 6) is 5.27. The Morgan fingerprint density at radius 3 is 1.06 bits per heavy atom. The molecule has 19 heteroatoms. The minimum atomic E-state index is 0.594. The minimum absolute atomic E-state index is 0.594. The Bertz CT molecular complexity index is 8340. The number of hydrogen-bond donors (Lipinski definition) is 0. The molecular formula is C107H69N19. The van der Waals surface area contributed by atoms with E-state index in [1.807, 2.05) is 140 Å². The molecule has 12 aromatic heterocycles. The third-order valence-corrected chi connectivity index (χ3v) is 23.2. The van der Waals surface area contributed by atoms with Crippen LogP contribution >= 0.6 is 0 Å². The molecule has 0 aliphatic carbocycles. The lowest BCUT2D eigenvalue weighted by Gasteiger charge is -2.12. The third kappa shape index (κ3) is 12.8. The Labute approximate surface area is 720 Å². The lowest BCUT2D eigenvalue weighted by molar-refractivity contribution is 1.03. The Kier molecular flexibility index (Phi) is 18.3. The van der Waals surface area contributed by atoms with Crippen molar-refractivity contribution < 1.29 is 0 Å². The van der Waals surface area contributed by atoms with Crippen molar-refractivity contribution in [3.05, 3.63) is 420 Å². The van der Waals surface area contributed by atoms with Crippen molar-refractivity contribution in [3.63, 3.8) is 0 Å². The van der Waals surface area contributed by atoms with Crippen LogP contribution < -0.4 is 0 Å². The number of aromatic nitrogens is 19. The van der Waals surface area contributed by atoms with Gasteiger partial charge in [0.25, 0.3) is 0 Å². The van der Waals surface area contributed by atoms with Crippen LogP contribution in [0.4, 0.5) is 0 Å². The van der Waals surface area contributed by atoms with Gasteiger partial charge in [-0.2, -0.15) is 0 Å². The number of benzene rings is 13. The maximum absolute atomic E-state index is 5.45. The van der Waals surface area contributed by atoms with Crippen LogP contribution in [-0.4, -0.2) is 92.2 Å². The lowest BCUT2D eigenvalue weighted by Crippen LogP contribution is -2.01. The molecule has 19 nitrogen and oxygen atoms in total. The van der Waals surface area contributed by atoms with Crippen LogP contribution in [0, 0.1) is 0 Å². The van der Waals surface area contributed by atoms with Crippen LogP contribution in [0.25, 0.3) is 212 Å². The molecule has 0 N–H and O–H groups in total. The topological polar surface area (TPSA) is 197 Å². The highest BCUT2D eigenvalue weighted by atomic mass is 15.2. The standard InChI is InChI=1S/C41H27N5.2C33H21N7/c1-2-8-32(9-3-1)45-36-12-5-4-10-34(36)39-37(45)21-22-38-40(39)44-41(31-15-13-28(14-16-31)29-23-26-42-27-24-29)46(38)33-19-17-30(18-20-33)35-11-6-7-25-43-35;1-2-11-24(12-3-1)39-26-14-5-4-13-25(26)30-27(39)16-17-28-31(30)38-33(40(28)29-15-6-7-18-35-29)23-10-8-9-22(19-23)32-36-20-34-21-37-32;1-2-10-22(11-3-1)39-26-15-7-6-14-25(26)30-27(39)17-18-28-31(30)38-33(40(28)29-16-8-9-19-35-29)24-13-5-4-12-23(24)32-36-20-34-21-37-32/h1-27H;2*1-21H. The van der Waals surface area contributed by atoms with Gasteiger partial charge in [0.1, 0.15) is 54.4 Å². The molecule has 0 saturated carbocycles. The molecule has 0 aliphatic rings. The second-order valence-corrected chi connectivity index (χ2v) is 30.4. The molecule has 0 aliphatic heterocycles. The second kappa shape index (κ2) is 31.5. The molecule has 25 aromatic rings. The summed E-state index contributed by atoms with van der Waals surface area (Å²) >= 11 is 0. The highest BCUT2D eigenvalue weighted by Crippen LogP contribution is 2.45. The minimum Gasteiger partial charge on any atom is -0.309 e. The number of rotatable bonds is 13. The quantitative estimate of drug-likeness (QED) is 0.106. The summed E-state index contributed by atoms with van der Waals surface area (Å²) in [6.07, 6.45) is 15.2. The summed E-state index contributed by atoms with van der Waals surface area (Å²) in [6, 6.07) is 126.